The van der Waals surface area contributed by atoms with Gasteiger partial charge in [0.2, 0.25) is 0 Å². The summed E-state index contributed by atoms with van der Waals surface area (Å²) in [7, 11) is 0. The Bertz CT molecular complexity index is 2500. The van der Waals surface area contributed by atoms with E-state index in [1.807, 2.05) is 60.7 Å². The number of benzene rings is 8. The molecule has 0 aliphatic carbocycles. The maximum Gasteiger partial charge on any atom is 0.416 e. The molecule has 0 nitrogen and oxygen atoms in total. The van der Waals surface area contributed by atoms with Gasteiger partial charge in [-0.1, -0.05) is 91.0 Å². The van der Waals surface area contributed by atoms with Crippen LogP contribution in [0.25, 0.3) is 76.8 Å². The molecule has 0 atom stereocenters. The maximum atomic E-state index is 13.5. The second-order valence-corrected chi connectivity index (χ2v) is 12.6. The summed E-state index contributed by atoms with van der Waals surface area (Å²) >= 11 is 0. The number of halogens is 9. The molecule has 8 aromatic rings. The van der Waals surface area contributed by atoms with Crippen molar-refractivity contribution in [2.24, 2.45) is 0 Å². The van der Waals surface area contributed by atoms with Gasteiger partial charge in [-0.3, -0.25) is 0 Å². The summed E-state index contributed by atoms with van der Waals surface area (Å²) in [4.78, 5) is 0. The van der Waals surface area contributed by atoms with Gasteiger partial charge in [0.05, 0.1) is 16.7 Å². The van der Waals surface area contributed by atoms with Gasteiger partial charge in [-0.05, 0) is 125 Å². The summed E-state index contributed by atoms with van der Waals surface area (Å²) in [5.74, 6) is 0. The lowest BCUT2D eigenvalue weighted by molar-refractivity contribution is -0.138. The molecule has 0 unspecified atom stereocenters. The Morgan fingerprint density at radius 2 is 0.519 bits per heavy atom. The molecule has 0 heterocycles. The van der Waals surface area contributed by atoms with Crippen LogP contribution < -0.4 is 0 Å². The summed E-state index contributed by atoms with van der Waals surface area (Å²) in [5, 5.41) is 4.38. The molecule has 258 valence electrons. The van der Waals surface area contributed by atoms with Crippen LogP contribution in [0.2, 0.25) is 0 Å². The van der Waals surface area contributed by atoms with Crippen molar-refractivity contribution in [2.45, 2.75) is 18.5 Å². The maximum absolute atomic E-state index is 13.5. The van der Waals surface area contributed by atoms with Crippen LogP contribution in [0, 0.1) is 0 Å². The molecule has 0 saturated heterocycles. The predicted octanol–water partition coefficient (Wildman–Crippen LogP) is 14.3. The second kappa shape index (κ2) is 11.9. The van der Waals surface area contributed by atoms with Crippen LogP contribution in [0.5, 0.6) is 0 Å². The highest BCUT2D eigenvalue weighted by Gasteiger charge is 2.32. The third kappa shape index (κ3) is 5.70. The van der Waals surface area contributed by atoms with Crippen molar-refractivity contribution >= 4 is 32.3 Å². The number of rotatable bonds is 4. The van der Waals surface area contributed by atoms with E-state index in [4.69, 9.17) is 0 Å². The third-order valence-corrected chi connectivity index (χ3v) is 9.55. The standard InChI is InChI=1S/C43H23F9/c44-41(45,46)28-12-6-25(7-13-28)36-22-35(24-4-2-1-3-5-24)31-18-19-33-37(26-8-14-29(15-9-26)42(47,48)49)23-38(34-21-20-32(36)39(31)40(33)34)27-10-16-30(17-11-27)43(50,51)52/h1-23H. The lowest BCUT2D eigenvalue weighted by Gasteiger charge is -2.22. The van der Waals surface area contributed by atoms with E-state index in [0.717, 1.165) is 63.7 Å². The number of alkyl halides is 9. The highest BCUT2D eigenvalue weighted by molar-refractivity contribution is 6.31. The predicted molar refractivity (Wildman–Crippen MR) is 187 cm³/mol. The van der Waals surface area contributed by atoms with Gasteiger partial charge in [0.1, 0.15) is 0 Å². The topological polar surface area (TPSA) is 0 Å². The first kappa shape index (κ1) is 33.3. The fourth-order valence-electron chi connectivity index (χ4n) is 7.08. The van der Waals surface area contributed by atoms with E-state index in [-0.39, 0.29) is 0 Å². The van der Waals surface area contributed by atoms with Crippen LogP contribution in [-0.4, -0.2) is 0 Å². The van der Waals surface area contributed by atoms with Gasteiger partial charge in [-0.2, -0.15) is 39.5 Å². The Morgan fingerprint density at radius 1 is 0.269 bits per heavy atom. The van der Waals surface area contributed by atoms with Crippen LogP contribution in [-0.2, 0) is 18.5 Å². The first-order valence-corrected chi connectivity index (χ1v) is 16.1. The minimum atomic E-state index is -4.56. The third-order valence-electron chi connectivity index (χ3n) is 9.55. The Morgan fingerprint density at radius 3 is 0.769 bits per heavy atom. The van der Waals surface area contributed by atoms with Crippen LogP contribution in [0.15, 0.2) is 140 Å². The van der Waals surface area contributed by atoms with Crippen LogP contribution >= 0.6 is 0 Å². The average Bonchev–Trinajstić information content (AvgIpc) is 3.13. The second-order valence-electron chi connectivity index (χ2n) is 12.6. The summed E-state index contributed by atoms with van der Waals surface area (Å²) in [5.41, 5.74) is 2.44. The molecular weight excluding hydrogens is 687 g/mol. The van der Waals surface area contributed by atoms with E-state index < -0.39 is 35.2 Å². The SMILES string of the molecule is FC(F)(F)c1ccc(-c2cc(-c3ccccc3)c3ccc4c(-c5ccc(C(F)(F)F)cc5)cc(-c5ccc(C(F)(F)F)cc5)c5ccc2c3c45)cc1. The normalized spacial score (nSPS) is 12.7. The van der Waals surface area contributed by atoms with Gasteiger partial charge in [-0.25, -0.2) is 0 Å². The molecule has 9 heteroatoms. The minimum Gasteiger partial charge on any atom is -0.166 e. The fraction of sp³-hybridized carbons (Fsp3) is 0.0698. The van der Waals surface area contributed by atoms with Gasteiger partial charge in [-0.15, -0.1) is 0 Å². The first-order valence-electron chi connectivity index (χ1n) is 16.1. The number of hydrogen-bond acceptors (Lipinski definition) is 0. The van der Waals surface area contributed by atoms with E-state index in [2.05, 4.69) is 0 Å². The first-order chi connectivity index (χ1) is 24.7. The van der Waals surface area contributed by atoms with E-state index >= 15 is 0 Å². The van der Waals surface area contributed by atoms with E-state index in [1.165, 1.54) is 36.4 Å². The number of hydrogen-bond donors (Lipinski definition) is 0. The van der Waals surface area contributed by atoms with Crippen molar-refractivity contribution in [3.63, 3.8) is 0 Å². The van der Waals surface area contributed by atoms with Crippen molar-refractivity contribution in [1.29, 1.82) is 0 Å². The summed E-state index contributed by atoms with van der Waals surface area (Å²) in [6.07, 6.45) is -13.6. The molecular formula is C43H23F9. The van der Waals surface area contributed by atoms with Gasteiger partial charge in [0, 0.05) is 0 Å². The van der Waals surface area contributed by atoms with Crippen molar-refractivity contribution in [2.75, 3.05) is 0 Å². The molecule has 0 saturated carbocycles. The lowest BCUT2D eigenvalue weighted by Crippen LogP contribution is -2.04. The zero-order chi connectivity index (χ0) is 36.6. The van der Waals surface area contributed by atoms with Crippen molar-refractivity contribution in [3.8, 4) is 44.5 Å². The summed E-state index contributed by atoms with van der Waals surface area (Å²) in [6.45, 7) is 0. The monoisotopic (exact) mass is 710 g/mol. The average molecular weight is 711 g/mol. The van der Waals surface area contributed by atoms with E-state index in [0.29, 0.717) is 49.5 Å². The van der Waals surface area contributed by atoms with Gasteiger partial charge in [0.15, 0.2) is 0 Å². The highest BCUT2D eigenvalue weighted by atomic mass is 19.4. The zero-order valence-electron chi connectivity index (χ0n) is 26.7. The van der Waals surface area contributed by atoms with E-state index in [9.17, 15) is 39.5 Å². The summed E-state index contributed by atoms with van der Waals surface area (Å²) in [6, 6.07) is 35.0. The Hall–Kier alpha value is -5.83. The Labute approximate surface area is 290 Å². The molecule has 0 aromatic heterocycles. The van der Waals surface area contributed by atoms with Crippen molar-refractivity contribution < 1.29 is 39.5 Å². The van der Waals surface area contributed by atoms with Crippen LogP contribution in [0.3, 0.4) is 0 Å². The van der Waals surface area contributed by atoms with Gasteiger partial charge in [0.25, 0.3) is 0 Å². The minimum absolute atomic E-state index is 0.463. The largest absolute Gasteiger partial charge is 0.416 e. The quantitative estimate of drug-likeness (QED) is 0.126. The molecule has 0 aliphatic rings. The van der Waals surface area contributed by atoms with Gasteiger partial charge < -0.3 is 0 Å². The zero-order valence-corrected chi connectivity index (χ0v) is 26.7. The van der Waals surface area contributed by atoms with Crippen LogP contribution in [0.1, 0.15) is 16.7 Å². The van der Waals surface area contributed by atoms with Gasteiger partial charge >= 0.3 is 18.5 Å². The van der Waals surface area contributed by atoms with Crippen molar-refractivity contribution in [1.82, 2.24) is 0 Å². The van der Waals surface area contributed by atoms with Crippen LogP contribution in [0.4, 0.5) is 39.5 Å². The molecule has 0 spiro atoms. The summed E-state index contributed by atoms with van der Waals surface area (Å²) < 4.78 is 122. The highest BCUT2D eigenvalue weighted by Crippen LogP contribution is 2.49. The Kier molecular flexibility index (Phi) is 7.61. The molecule has 0 aliphatic heterocycles. The molecule has 0 fully saturated rings. The molecule has 8 rings (SSSR count). The molecule has 0 bridgehead atoms. The molecule has 8 aromatic carbocycles. The molecule has 0 amide bonds. The van der Waals surface area contributed by atoms with Crippen molar-refractivity contribution in [3.05, 3.63) is 156 Å². The molecule has 0 radical (unpaired) electrons. The smallest absolute Gasteiger partial charge is 0.166 e. The molecule has 0 N–H and O–H groups in total. The fourth-order valence-corrected chi connectivity index (χ4v) is 7.08. The van der Waals surface area contributed by atoms with E-state index in [1.54, 1.807) is 6.07 Å². The lowest BCUT2D eigenvalue weighted by atomic mass is 9.82. The molecule has 52 heavy (non-hydrogen) atoms. The Balaban J connectivity index is 1.49.